The highest BCUT2D eigenvalue weighted by molar-refractivity contribution is 6.31. The summed E-state index contributed by atoms with van der Waals surface area (Å²) in [6.45, 7) is 0. The van der Waals surface area contributed by atoms with Crippen molar-refractivity contribution in [3.05, 3.63) is 23.2 Å². The first-order valence-electron chi connectivity index (χ1n) is 4.57. The number of nitrogens with one attached hydrogen (secondary N) is 1. The molecule has 0 aromatic heterocycles. The lowest BCUT2D eigenvalue weighted by molar-refractivity contribution is 0.446. The van der Waals surface area contributed by atoms with Crippen molar-refractivity contribution in [2.45, 2.75) is 25.3 Å². The fourth-order valence-corrected chi connectivity index (χ4v) is 1.60. The molecule has 70 valence electrons. The molecule has 0 heterocycles. The number of halogens is 1. The summed E-state index contributed by atoms with van der Waals surface area (Å²) in [5, 5.41) is 4.11. The maximum atomic E-state index is 5.87. The maximum Gasteiger partial charge on any atom is 0.0590 e. The van der Waals surface area contributed by atoms with E-state index in [0.717, 1.165) is 16.4 Å². The fraction of sp³-hybridized carbons (Fsp3) is 0.400. The minimum Gasteiger partial charge on any atom is -0.397 e. The molecule has 1 aromatic rings. The van der Waals surface area contributed by atoms with E-state index >= 15 is 0 Å². The molecule has 0 unspecified atom stereocenters. The molecule has 0 amide bonds. The van der Waals surface area contributed by atoms with Crippen LogP contribution in [0.5, 0.6) is 0 Å². The summed E-state index contributed by atoms with van der Waals surface area (Å²) in [7, 11) is 0. The second kappa shape index (κ2) is 3.46. The van der Waals surface area contributed by atoms with E-state index in [1.165, 1.54) is 19.3 Å². The molecular weight excluding hydrogens is 184 g/mol. The molecule has 0 radical (unpaired) electrons. The van der Waals surface area contributed by atoms with Crippen molar-refractivity contribution in [1.29, 1.82) is 0 Å². The van der Waals surface area contributed by atoms with E-state index in [1.54, 1.807) is 0 Å². The molecule has 1 saturated carbocycles. The van der Waals surface area contributed by atoms with E-state index in [1.807, 2.05) is 18.2 Å². The van der Waals surface area contributed by atoms with Crippen molar-refractivity contribution in [1.82, 2.24) is 0 Å². The summed E-state index contributed by atoms with van der Waals surface area (Å²) < 4.78 is 0. The number of hydrogen-bond donors (Lipinski definition) is 2. The van der Waals surface area contributed by atoms with Gasteiger partial charge in [-0.25, -0.2) is 0 Å². The third-order valence-electron chi connectivity index (χ3n) is 2.48. The summed E-state index contributed by atoms with van der Waals surface area (Å²) in [6, 6.07) is 6.13. The van der Waals surface area contributed by atoms with Crippen LogP contribution in [0.15, 0.2) is 18.2 Å². The highest BCUT2D eigenvalue weighted by Crippen LogP contribution is 2.28. The Morgan fingerprint density at radius 2 is 2.15 bits per heavy atom. The average molecular weight is 197 g/mol. The van der Waals surface area contributed by atoms with Gasteiger partial charge >= 0.3 is 0 Å². The Hall–Kier alpha value is -0.890. The van der Waals surface area contributed by atoms with Gasteiger partial charge in [-0.15, -0.1) is 0 Å². The number of hydrogen-bond acceptors (Lipinski definition) is 2. The van der Waals surface area contributed by atoms with Crippen molar-refractivity contribution >= 4 is 23.0 Å². The molecule has 0 spiro atoms. The minimum absolute atomic E-state index is 0.598. The second-order valence-electron chi connectivity index (χ2n) is 3.50. The van der Waals surface area contributed by atoms with Gasteiger partial charge in [0.25, 0.3) is 0 Å². The van der Waals surface area contributed by atoms with Gasteiger partial charge in [0, 0.05) is 11.1 Å². The molecule has 0 bridgehead atoms. The van der Waals surface area contributed by atoms with Gasteiger partial charge in [0.2, 0.25) is 0 Å². The normalized spacial score (nSPS) is 16.7. The van der Waals surface area contributed by atoms with Gasteiger partial charge in [0.15, 0.2) is 0 Å². The zero-order chi connectivity index (χ0) is 9.26. The molecule has 0 aliphatic heterocycles. The average Bonchev–Trinajstić information content (AvgIpc) is 2.03. The Morgan fingerprint density at radius 3 is 2.77 bits per heavy atom. The molecule has 1 fully saturated rings. The van der Waals surface area contributed by atoms with E-state index in [0.29, 0.717) is 6.04 Å². The van der Waals surface area contributed by atoms with Crippen LogP contribution in [0.1, 0.15) is 19.3 Å². The fourth-order valence-electron chi connectivity index (χ4n) is 1.43. The lowest BCUT2D eigenvalue weighted by Gasteiger charge is -2.28. The Balaban J connectivity index is 2.13. The first kappa shape index (κ1) is 8.70. The highest BCUT2D eigenvalue weighted by atomic mass is 35.5. The standard InChI is InChI=1S/C10H13ClN2/c11-7-4-5-9(12)10(6-7)13-8-2-1-3-8/h4-6,8,13H,1-3,12H2. The number of anilines is 2. The number of nitrogen functional groups attached to an aromatic ring is 1. The van der Waals surface area contributed by atoms with Crippen molar-refractivity contribution in [3.8, 4) is 0 Å². The molecule has 1 aliphatic carbocycles. The second-order valence-corrected chi connectivity index (χ2v) is 3.94. The molecule has 0 atom stereocenters. The van der Waals surface area contributed by atoms with Crippen LogP contribution in [0.2, 0.25) is 5.02 Å². The zero-order valence-corrected chi connectivity index (χ0v) is 8.14. The molecule has 1 aliphatic rings. The summed E-state index contributed by atoms with van der Waals surface area (Å²) in [4.78, 5) is 0. The summed E-state index contributed by atoms with van der Waals surface area (Å²) in [5.74, 6) is 0. The van der Waals surface area contributed by atoms with Gasteiger partial charge in [-0.05, 0) is 37.5 Å². The molecule has 3 heteroatoms. The van der Waals surface area contributed by atoms with Crippen LogP contribution in [0.4, 0.5) is 11.4 Å². The summed E-state index contributed by atoms with van der Waals surface area (Å²) in [5.41, 5.74) is 7.54. The topological polar surface area (TPSA) is 38.0 Å². The summed E-state index contributed by atoms with van der Waals surface area (Å²) in [6.07, 6.45) is 3.80. The number of benzene rings is 1. The Bertz CT molecular complexity index is 308. The van der Waals surface area contributed by atoms with E-state index in [2.05, 4.69) is 5.32 Å². The quantitative estimate of drug-likeness (QED) is 0.714. The monoisotopic (exact) mass is 196 g/mol. The predicted molar refractivity (Wildman–Crippen MR) is 57.1 cm³/mol. The molecule has 2 nitrogen and oxygen atoms in total. The van der Waals surface area contributed by atoms with Gasteiger partial charge in [-0.3, -0.25) is 0 Å². The Kier molecular flexibility index (Phi) is 2.32. The predicted octanol–water partition coefficient (Wildman–Crippen LogP) is 2.89. The van der Waals surface area contributed by atoms with Gasteiger partial charge in [0.1, 0.15) is 0 Å². The lowest BCUT2D eigenvalue weighted by Crippen LogP contribution is -2.27. The molecule has 2 rings (SSSR count). The first-order chi connectivity index (χ1) is 6.25. The van der Waals surface area contributed by atoms with Crippen molar-refractivity contribution in [2.75, 3.05) is 11.1 Å². The third-order valence-corrected chi connectivity index (χ3v) is 2.72. The van der Waals surface area contributed by atoms with Gasteiger partial charge < -0.3 is 11.1 Å². The number of nitrogens with two attached hydrogens (primary N) is 1. The highest BCUT2D eigenvalue weighted by Gasteiger charge is 2.17. The Morgan fingerprint density at radius 1 is 1.38 bits per heavy atom. The molecule has 3 N–H and O–H groups in total. The molecule has 13 heavy (non-hydrogen) atoms. The number of rotatable bonds is 2. The molecule has 1 aromatic carbocycles. The smallest absolute Gasteiger partial charge is 0.0590 e. The molecular formula is C10H13ClN2. The van der Waals surface area contributed by atoms with Gasteiger partial charge in [-0.2, -0.15) is 0 Å². The van der Waals surface area contributed by atoms with E-state index in [9.17, 15) is 0 Å². The van der Waals surface area contributed by atoms with Gasteiger partial charge in [-0.1, -0.05) is 11.6 Å². The minimum atomic E-state index is 0.598. The van der Waals surface area contributed by atoms with Gasteiger partial charge in [0.05, 0.1) is 11.4 Å². The van der Waals surface area contributed by atoms with Crippen LogP contribution in [-0.2, 0) is 0 Å². The largest absolute Gasteiger partial charge is 0.397 e. The van der Waals surface area contributed by atoms with E-state index in [4.69, 9.17) is 17.3 Å². The van der Waals surface area contributed by atoms with Crippen LogP contribution < -0.4 is 11.1 Å². The third kappa shape index (κ3) is 1.89. The summed E-state index contributed by atoms with van der Waals surface area (Å²) >= 11 is 5.87. The van der Waals surface area contributed by atoms with E-state index in [-0.39, 0.29) is 0 Å². The SMILES string of the molecule is Nc1ccc(Cl)cc1NC1CCC1. The van der Waals surface area contributed by atoms with Crippen molar-refractivity contribution in [2.24, 2.45) is 0 Å². The Labute approximate surface area is 83.1 Å². The first-order valence-corrected chi connectivity index (χ1v) is 4.95. The maximum absolute atomic E-state index is 5.87. The lowest BCUT2D eigenvalue weighted by atomic mass is 9.93. The van der Waals surface area contributed by atoms with Crippen LogP contribution in [0, 0.1) is 0 Å². The zero-order valence-electron chi connectivity index (χ0n) is 7.39. The van der Waals surface area contributed by atoms with Crippen LogP contribution >= 0.6 is 11.6 Å². The van der Waals surface area contributed by atoms with Crippen LogP contribution in [0.3, 0.4) is 0 Å². The van der Waals surface area contributed by atoms with Crippen LogP contribution in [-0.4, -0.2) is 6.04 Å². The van der Waals surface area contributed by atoms with Crippen molar-refractivity contribution < 1.29 is 0 Å². The van der Waals surface area contributed by atoms with Crippen LogP contribution in [0.25, 0.3) is 0 Å². The van der Waals surface area contributed by atoms with E-state index < -0.39 is 0 Å². The molecule has 0 saturated heterocycles. The van der Waals surface area contributed by atoms with Crippen molar-refractivity contribution in [3.63, 3.8) is 0 Å².